The van der Waals surface area contributed by atoms with Crippen LogP contribution in [-0.2, 0) is 11.3 Å². The number of benzene rings is 3. The monoisotopic (exact) mass is 553 g/mol. The predicted octanol–water partition coefficient (Wildman–Crippen LogP) is 5.04. The number of carboxylic acids is 2. The van der Waals surface area contributed by atoms with Gasteiger partial charge in [0.2, 0.25) is 0 Å². The van der Waals surface area contributed by atoms with Crippen LogP contribution in [0.2, 0.25) is 0 Å². The summed E-state index contributed by atoms with van der Waals surface area (Å²) in [5.74, 6) is -0.0464. The van der Waals surface area contributed by atoms with Crippen LogP contribution in [-0.4, -0.2) is 61.8 Å². The van der Waals surface area contributed by atoms with E-state index in [0.29, 0.717) is 44.4 Å². The second-order valence-corrected chi connectivity index (χ2v) is 9.31. The molecule has 4 aromatic rings. The first-order valence-electron chi connectivity index (χ1n) is 11.6. The predicted molar refractivity (Wildman–Crippen MR) is 144 cm³/mol. The minimum absolute atomic E-state index is 0.0353. The molecule has 0 fully saturated rings. The quantitative estimate of drug-likeness (QED) is 0.247. The molecule has 0 radical (unpaired) electrons. The van der Waals surface area contributed by atoms with Gasteiger partial charge in [-0.25, -0.2) is 9.59 Å². The van der Waals surface area contributed by atoms with Crippen LogP contribution in [0.3, 0.4) is 0 Å². The maximum atomic E-state index is 12.8. The summed E-state index contributed by atoms with van der Waals surface area (Å²) in [6.07, 6.45) is 0. The van der Waals surface area contributed by atoms with Crippen LogP contribution < -0.4 is 23.7 Å². The summed E-state index contributed by atoms with van der Waals surface area (Å²) in [5, 5.41) is 20.2. The largest absolute Gasteiger partial charge is 0.497 e. The van der Waals surface area contributed by atoms with Crippen molar-refractivity contribution in [3.8, 4) is 28.7 Å². The molecule has 3 aromatic carbocycles. The highest BCUT2D eigenvalue weighted by Gasteiger charge is 2.26. The number of hydrogen-bond acceptors (Lipinski definition) is 8. The zero-order valence-corrected chi connectivity index (χ0v) is 22.5. The van der Waals surface area contributed by atoms with Gasteiger partial charge in [0.15, 0.2) is 18.1 Å². The molecule has 204 valence electrons. The van der Waals surface area contributed by atoms with Gasteiger partial charge in [-0.15, -0.1) is 0 Å². The summed E-state index contributed by atoms with van der Waals surface area (Å²) < 4.78 is 28.8. The molecule has 0 aliphatic carbocycles. The van der Waals surface area contributed by atoms with E-state index >= 15 is 0 Å². The Kier molecular flexibility index (Phi) is 8.40. The summed E-state index contributed by atoms with van der Waals surface area (Å²) in [4.78, 5) is 25.2. The van der Waals surface area contributed by atoms with E-state index in [1.807, 2.05) is 24.3 Å². The molecule has 0 spiro atoms. The van der Waals surface area contributed by atoms with E-state index in [0.717, 1.165) is 4.90 Å². The number of rotatable bonds is 12. The number of nitrogens with zero attached hydrogens (tertiary/aromatic N) is 1. The standard InChI is InChI=1S/C28H27NO9S/c1-34-17-6-5-7-19(10-17)39-27-20-12-23(36-3)24(37-4)13-21(20)29(26(27)28(32)33)14-16-8-9-18(35-2)11-22(16)38-15-25(30)31/h5-13H,14-15H2,1-4H3,(H,30,31)(H,32,33). The van der Waals surface area contributed by atoms with E-state index in [9.17, 15) is 14.7 Å². The Labute approximate surface area is 228 Å². The number of methoxy groups -OCH3 is 4. The van der Waals surface area contributed by atoms with Crippen LogP contribution in [0.1, 0.15) is 16.1 Å². The summed E-state index contributed by atoms with van der Waals surface area (Å²) in [5.41, 5.74) is 1.17. The van der Waals surface area contributed by atoms with Crippen molar-refractivity contribution in [1.29, 1.82) is 0 Å². The number of fused-ring (bicyclic) bond motifs is 1. The van der Waals surface area contributed by atoms with Gasteiger partial charge in [-0.1, -0.05) is 17.8 Å². The molecule has 0 atom stereocenters. The Hall–Kier alpha value is -4.51. The summed E-state index contributed by atoms with van der Waals surface area (Å²) in [6.45, 7) is -0.508. The van der Waals surface area contributed by atoms with Crippen molar-refractivity contribution in [2.45, 2.75) is 16.3 Å². The molecule has 0 aliphatic heterocycles. The van der Waals surface area contributed by atoms with Crippen LogP contribution in [0.25, 0.3) is 10.9 Å². The summed E-state index contributed by atoms with van der Waals surface area (Å²) in [7, 11) is 6.06. The van der Waals surface area contributed by atoms with E-state index in [2.05, 4.69) is 0 Å². The Morgan fingerprint density at radius 2 is 1.51 bits per heavy atom. The second kappa shape index (κ2) is 11.9. The van der Waals surface area contributed by atoms with Crippen LogP contribution in [0, 0.1) is 0 Å². The molecule has 1 heterocycles. The Balaban J connectivity index is 1.95. The molecule has 0 amide bonds. The minimum Gasteiger partial charge on any atom is -0.497 e. The van der Waals surface area contributed by atoms with Crippen molar-refractivity contribution in [2.24, 2.45) is 0 Å². The lowest BCUT2D eigenvalue weighted by Gasteiger charge is -2.15. The molecule has 0 saturated heterocycles. The molecule has 1 aromatic heterocycles. The molecule has 11 heteroatoms. The highest BCUT2D eigenvalue weighted by molar-refractivity contribution is 7.99. The molecule has 2 N–H and O–H groups in total. The van der Waals surface area contributed by atoms with Gasteiger partial charge in [0.05, 0.1) is 45.4 Å². The van der Waals surface area contributed by atoms with E-state index in [-0.39, 0.29) is 18.0 Å². The van der Waals surface area contributed by atoms with Gasteiger partial charge >= 0.3 is 11.9 Å². The zero-order valence-electron chi connectivity index (χ0n) is 21.7. The molecule has 0 unspecified atom stereocenters. The SMILES string of the molecule is COc1cccc(Sc2c(C(=O)O)n(Cc3ccc(OC)cc3OCC(=O)O)c3cc(OC)c(OC)cc23)c1. The van der Waals surface area contributed by atoms with Crippen molar-refractivity contribution in [2.75, 3.05) is 35.0 Å². The van der Waals surface area contributed by atoms with E-state index < -0.39 is 18.5 Å². The molecule has 0 bridgehead atoms. The van der Waals surface area contributed by atoms with Crippen molar-refractivity contribution in [3.05, 3.63) is 65.9 Å². The number of aromatic nitrogens is 1. The second-order valence-electron chi connectivity index (χ2n) is 8.23. The van der Waals surface area contributed by atoms with Gasteiger partial charge in [0, 0.05) is 28.0 Å². The number of carboxylic acid groups (broad SMARTS) is 2. The molecule has 0 aliphatic rings. The Bertz CT molecular complexity index is 1530. The molecular weight excluding hydrogens is 526 g/mol. The number of ether oxygens (including phenoxy) is 5. The maximum Gasteiger partial charge on any atom is 0.353 e. The highest BCUT2D eigenvalue weighted by atomic mass is 32.2. The average Bonchev–Trinajstić information content (AvgIpc) is 3.23. The smallest absolute Gasteiger partial charge is 0.353 e. The summed E-state index contributed by atoms with van der Waals surface area (Å²) in [6, 6.07) is 15.8. The Morgan fingerprint density at radius 3 is 2.15 bits per heavy atom. The number of carbonyl (C=O) groups is 2. The van der Waals surface area contributed by atoms with Gasteiger partial charge in [-0.2, -0.15) is 0 Å². The van der Waals surface area contributed by atoms with Gasteiger partial charge < -0.3 is 38.5 Å². The Morgan fingerprint density at radius 1 is 0.821 bits per heavy atom. The van der Waals surface area contributed by atoms with Crippen molar-refractivity contribution in [3.63, 3.8) is 0 Å². The first-order chi connectivity index (χ1) is 18.8. The lowest BCUT2D eigenvalue weighted by atomic mass is 10.1. The molecule has 10 nitrogen and oxygen atoms in total. The lowest BCUT2D eigenvalue weighted by molar-refractivity contribution is -0.139. The molecular formula is C28H27NO9S. The molecule has 4 rings (SSSR count). The fourth-order valence-corrected chi connectivity index (χ4v) is 5.27. The van der Waals surface area contributed by atoms with Crippen LogP contribution in [0.5, 0.6) is 28.7 Å². The van der Waals surface area contributed by atoms with E-state index in [1.165, 1.54) is 33.1 Å². The van der Waals surface area contributed by atoms with E-state index in [4.69, 9.17) is 28.8 Å². The molecule has 0 saturated carbocycles. The number of aliphatic carboxylic acids is 1. The van der Waals surface area contributed by atoms with Gasteiger partial charge in [0.25, 0.3) is 0 Å². The normalized spacial score (nSPS) is 10.8. The van der Waals surface area contributed by atoms with E-state index in [1.54, 1.807) is 42.0 Å². The minimum atomic E-state index is -1.14. The fraction of sp³-hybridized carbons (Fsp3) is 0.214. The van der Waals surface area contributed by atoms with Crippen LogP contribution >= 0.6 is 11.8 Å². The third-order valence-corrected chi connectivity index (χ3v) is 7.05. The first kappa shape index (κ1) is 27.5. The topological polar surface area (TPSA) is 126 Å². The van der Waals surface area contributed by atoms with Crippen LogP contribution in [0.15, 0.2) is 64.4 Å². The lowest BCUT2D eigenvalue weighted by Crippen LogP contribution is -2.14. The molecule has 39 heavy (non-hydrogen) atoms. The highest BCUT2D eigenvalue weighted by Crippen LogP contribution is 2.44. The fourth-order valence-electron chi connectivity index (χ4n) is 4.14. The number of aromatic carboxylic acids is 1. The van der Waals surface area contributed by atoms with Gasteiger partial charge in [-0.05, 0) is 36.4 Å². The van der Waals surface area contributed by atoms with Gasteiger partial charge in [0.1, 0.15) is 22.9 Å². The first-order valence-corrected chi connectivity index (χ1v) is 12.5. The summed E-state index contributed by atoms with van der Waals surface area (Å²) >= 11 is 1.28. The number of hydrogen-bond donors (Lipinski definition) is 2. The third kappa shape index (κ3) is 5.83. The van der Waals surface area contributed by atoms with Crippen molar-refractivity contribution in [1.82, 2.24) is 4.57 Å². The van der Waals surface area contributed by atoms with Gasteiger partial charge in [-0.3, -0.25) is 0 Å². The maximum absolute atomic E-state index is 12.8. The van der Waals surface area contributed by atoms with Crippen molar-refractivity contribution < 1.29 is 43.5 Å². The zero-order chi connectivity index (χ0) is 28.1. The average molecular weight is 554 g/mol. The van der Waals surface area contributed by atoms with Crippen molar-refractivity contribution >= 4 is 34.6 Å². The van der Waals surface area contributed by atoms with Crippen LogP contribution in [0.4, 0.5) is 0 Å². The third-order valence-electron chi connectivity index (χ3n) is 5.94.